The van der Waals surface area contributed by atoms with Crippen LogP contribution in [0.5, 0.6) is 0 Å². The molecule has 2 N–H and O–H groups in total. The Morgan fingerprint density at radius 2 is 1.88 bits per heavy atom. The van der Waals surface area contributed by atoms with E-state index in [0.717, 1.165) is 12.1 Å². The number of hydrogen-bond donors (Lipinski definition) is 2. The van der Waals surface area contributed by atoms with Crippen molar-refractivity contribution >= 4 is 28.3 Å². The Balaban J connectivity index is 1.85. The predicted molar refractivity (Wildman–Crippen MR) is 90.7 cm³/mol. The second-order valence-corrected chi connectivity index (χ2v) is 6.54. The Labute approximate surface area is 145 Å². The summed E-state index contributed by atoms with van der Waals surface area (Å²) in [5.41, 5.74) is 0.202. The maximum absolute atomic E-state index is 13.5. The molecule has 0 fully saturated rings. The molecular formula is C17H16F2N2O3S. The van der Waals surface area contributed by atoms with Gasteiger partial charge in [-0.3, -0.25) is 13.8 Å². The summed E-state index contributed by atoms with van der Waals surface area (Å²) < 4.78 is 37.7. The normalized spacial score (nSPS) is 11.6. The van der Waals surface area contributed by atoms with Gasteiger partial charge in [-0.2, -0.15) is 0 Å². The molecule has 132 valence electrons. The molecule has 0 aliphatic carbocycles. The summed E-state index contributed by atoms with van der Waals surface area (Å²) in [5, 5.41) is 5.02. The molecule has 0 aliphatic heterocycles. The average molecular weight is 366 g/mol. The number of halogens is 2. The summed E-state index contributed by atoms with van der Waals surface area (Å²) >= 11 is 0. The number of hydrogen-bond acceptors (Lipinski definition) is 3. The topological polar surface area (TPSA) is 75.3 Å². The fourth-order valence-corrected chi connectivity index (χ4v) is 2.60. The van der Waals surface area contributed by atoms with Gasteiger partial charge in [-0.15, -0.1) is 0 Å². The zero-order chi connectivity index (χ0) is 18.4. The molecule has 0 aliphatic rings. The minimum atomic E-state index is -1.16. The summed E-state index contributed by atoms with van der Waals surface area (Å²) in [7, 11) is -1.16. The third kappa shape index (κ3) is 5.46. The Morgan fingerprint density at radius 1 is 1.12 bits per heavy atom. The van der Waals surface area contributed by atoms with Crippen molar-refractivity contribution in [2.75, 3.05) is 18.1 Å². The molecular weight excluding hydrogens is 350 g/mol. The molecule has 5 nitrogen and oxygen atoms in total. The first-order valence-electron chi connectivity index (χ1n) is 7.33. The highest BCUT2D eigenvalue weighted by molar-refractivity contribution is 7.84. The number of nitrogens with one attached hydrogen (secondary N) is 2. The van der Waals surface area contributed by atoms with E-state index in [1.165, 1.54) is 6.26 Å². The molecule has 0 spiro atoms. The molecule has 2 aromatic rings. The van der Waals surface area contributed by atoms with Gasteiger partial charge in [0.05, 0.1) is 5.56 Å². The summed E-state index contributed by atoms with van der Waals surface area (Å²) in [6, 6.07) is 9.24. The summed E-state index contributed by atoms with van der Waals surface area (Å²) in [6.07, 6.45) is 1.50. The molecule has 0 bridgehead atoms. The molecule has 25 heavy (non-hydrogen) atoms. The minimum absolute atomic E-state index is 0.0130. The fraction of sp³-hybridized carbons (Fsp3) is 0.176. The molecule has 2 aromatic carbocycles. The number of rotatable bonds is 6. The first-order valence-corrected chi connectivity index (χ1v) is 8.89. The maximum atomic E-state index is 13.5. The van der Waals surface area contributed by atoms with E-state index in [0.29, 0.717) is 16.6 Å². The molecule has 0 aromatic heterocycles. The third-order valence-electron chi connectivity index (χ3n) is 3.26. The van der Waals surface area contributed by atoms with E-state index in [1.807, 2.05) is 0 Å². The molecule has 0 heterocycles. The van der Waals surface area contributed by atoms with Crippen molar-refractivity contribution < 1.29 is 22.6 Å². The number of carbonyl (C=O) groups is 2. The average Bonchev–Trinajstić information content (AvgIpc) is 2.54. The summed E-state index contributed by atoms with van der Waals surface area (Å²) in [4.78, 5) is 24.2. The highest BCUT2D eigenvalue weighted by Crippen LogP contribution is 2.13. The molecule has 2 rings (SSSR count). The predicted octanol–water partition coefficient (Wildman–Crippen LogP) is 2.46. The van der Waals surface area contributed by atoms with Crippen molar-refractivity contribution in [2.45, 2.75) is 11.3 Å². The van der Waals surface area contributed by atoms with E-state index in [1.54, 1.807) is 24.3 Å². The van der Waals surface area contributed by atoms with E-state index in [2.05, 4.69) is 10.6 Å². The Bertz CT molecular complexity index is 827. The van der Waals surface area contributed by atoms with Gasteiger partial charge >= 0.3 is 0 Å². The number of carbonyl (C=O) groups excluding carboxylic acids is 2. The lowest BCUT2D eigenvalue weighted by Crippen LogP contribution is -2.28. The zero-order valence-electron chi connectivity index (χ0n) is 13.3. The van der Waals surface area contributed by atoms with Crippen LogP contribution in [0.2, 0.25) is 0 Å². The molecule has 0 saturated heterocycles. The third-order valence-corrected chi connectivity index (χ3v) is 4.18. The number of anilines is 1. The van der Waals surface area contributed by atoms with Crippen LogP contribution in [0.25, 0.3) is 0 Å². The van der Waals surface area contributed by atoms with Crippen molar-refractivity contribution in [1.82, 2.24) is 5.32 Å². The quantitative estimate of drug-likeness (QED) is 0.825. The zero-order valence-corrected chi connectivity index (χ0v) is 14.2. The first kappa shape index (κ1) is 18.7. The van der Waals surface area contributed by atoms with Gasteiger partial charge in [0, 0.05) is 46.7 Å². The first-order chi connectivity index (χ1) is 11.9. The van der Waals surface area contributed by atoms with Gasteiger partial charge in [-0.25, -0.2) is 8.78 Å². The summed E-state index contributed by atoms with van der Waals surface area (Å²) in [5.74, 6) is -2.83. The second-order valence-electron chi connectivity index (χ2n) is 5.16. The Hall–Kier alpha value is -2.61. The van der Waals surface area contributed by atoms with Crippen molar-refractivity contribution in [3.8, 4) is 0 Å². The smallest absolute Gasteiger partial charge is 0.254 e. The van der Waals surface area contributed by atoms with E-state index >= 15 is 0 Å². The van der Waals surface area contributed by atoms with Crippen LogP contribution in [-0.4, -0.2) is 28.8 Å². The lowest BCUT2D eigenvalue weighted by molar-refractivity contribution is -0.116. The van der Waals surface area contributed by atoms with E-state index in [-0.39, 0.29) is 24.4 Å². The molecule has 0 radical (unpaired) electrons. The van der Waals surface area contributed by atoms with Crippen LogP contribution in [0.1, 0.15) is 16.8 Å². The molecule has 8 heteroatoms. The van der Waals surface area contributed by atoms with Crippen molar-refractivity contribution in [2.24, 2.45) is 0 Å². The van der Waals surface area contributed by atoms with E-state index < -0.39 is 28.3 Å². The molecule has 1 atom stereocenters. The van der Waals surface area contributed by atoms with Crippen molar-refractivity contribution in [1.29, 1.82) is 0 Å². The monoisotopic (exact) mass is 366 g/mol. The van der Waals surface area contributed by atoms with Crippen LogP contribution in [0.3, 0.4) is 0 Å². The van der Waals surface area contributed by atoms with Gasteiger partial charge in [0.2, 0.25) is 5.91 Å². The highest BCUT2D eigenvalue weighted by Gasteiger charge is 2.12. The maximum Gasteiger partial charge on any atom is 0.254 e. The number of benzene rings is 2. The fourth-order valence-electron chi connectivity index (χ4n) is 2.03. The van der Waals surface area contributed by atoms with Gasteiger partial charge in [-0.05, 0) is 30.3 Å². The van der Waals surface area contributed by atoms with E-state index in [4.69, 9.17) is 0 Å². The van der Waals surface area contributed by atoms with Gasteiger partial charge in [0.1, 0.15) is 11.6 Å². The van der Waals surface area contributed by atoms with Gasteiger partial charge in [0.15, 0.2) is 0 Å². The standard InChI is InChI=1S/C17H16F2N2O3S/c1-25(24)13-4-2-3-12(10-13)21-16(22)7-8-20-17(23)14-6-5-11(18)9-15(14)19/h2-6,9-10H,7-8H2,1H3,(H,20,23)(H,21,22)/t25-/m0/s1. The lowest BCUT2D eigenvalue weighted by atomic mass is 10.2. The van der Waals surface area contributed by atoms with Crippen LogP contribution in [0, 0.1) is 11.6 Å². The van der Waals surface area contributed by atoms with Crippen LogP contribution < -0.4 is 10.6 Å². The van der Waals surface area contributed by atoms with Crippen LogP contribution >= 0.6 is 0 Å². The molecule has 2 amide bonds. The second kappa shape index (κ2) is 8.48. The van der Waals surface area contributed by atoms with Crippen LogP contribution in [-0.2, 0) is 15.6 Å². The SMILES string of the molecule is C[S@](=O)c1cccc(NC(=O)CCNC(=O)c2ccc(F)cc2F)c1. The van der Waals surface area contributed by atoms with Gasteiger partial charge in [0.25, 0.3) is 5.91 Å². The summed E-state index contributed by atoms with van der Waals surface area (Å²) in [6.45, 7) is -0.0130. The van der Waals surface area contributed by atoms with Gasteiger partial charge < -0.3 is 10.6 Å². The lowest BCUT2D eigenvalue weighted by Gasteiger charge is -2.08. The minimum Gasteiger partial charge on any atom is -0.351 e. The Kier molecular flexibility index (Phi) is 6.35. The Morgan fingerprint density at radius 3 is 2.56 bits per heavy atom. The van der Waals surface area contributed by atoms with Crippen molar-refractivity contribution in [3.05, 3.63) is 59.7 Å². The van der Waals surface area contributed by atoms with Gasteiger partial charge in [-0.1, -0.05) is 6.07 Å². The van der Waals surface area contributed by atoms with Crippen LogP contribution in [0.15, 0.2) is 47.4 Å². The molecule has 0 saturated carbocycles. The van der Waals surface area contributed by atoms with Crippen LogP contribution in [0.4, 0.5) is 14.5 Å². The molecule has 0 unspecified atom stereocenters. The highest BCUT2D eigenvalue weighted by atomic mass is 32.2. The number of amides is 2. The van der Waals surface area contributed by atoms with Crippen molar-refractivity contribution in [3.63, 3.8) is 0 Å². The van der Waals surface area contributed by atoms with E-state index in [9.17, 15) is 22.6 Å². The largest absolute Gasteiger partial charge is 0.351 e.